The summed E-state index contributed by atoms with van der Waals surface area (Å²) in [5.41, 5.74) is 0. The summed E-state index contributed by atoms with van der Waals surface area (Å²) in [5.74, 6) is -0.918. The molecule has 6 nitrogen and oxygen atoms in total. The Labute approximate surface area is 120 Å². The third-order valence-electron chi connectivity index (χ3n) is 4.42. The van der Waals surface area contributed by atoms with Crippen molar-refractivity contribution >= 4 is 11.9 Å². The second-order valence-electron chi connectivity index (χ2n) is 5.84. The minimum atomic E-state index is -0.900. The van der Waals surface area contributed by atoms with Gasteiger partial charge in [0.15, 0.2) is 0 Å². The molecule has 0 saturated carbocycles. The van der Waals surface area contributed by atoms with Crippen LogP contribution in [-0.4, -0.2) is 84.0 Å². The zero-order valence-electron chi connectivity index (χ0n) is 12.3. The van der Waals surface area contributed by atoms with Crippen molar-refractivity contribution in [2.24, 2.45) is 0 Å². The van der Waals surface area contributed by atoms with Gasteiger partial charge < -0.3 is 14.9 Å². The molecule has 0 spiro atoms. The Balaban J connectivity index is 1.72. The number of aliphatic carboxylic acids is 1. The van der Waals surface area contributed by atoms with Gasteiger partial charge in [-0.05, 0) is 33.0 Å². The molecule has 2 aliphatic heterocycles. The van der Waals surface area contributed by atoms with Crippen molar-refractivity contribution in [3.8, 4) is 0 Å². The lowest BCUT2D eigenvalue weighted by molar-refractivity contribution is -0.141. The van der Waals surface area contributed by atoms with Gasteiger partial charge in [-0.25, -0.2) is 0 Å². The van der Waals surface area contributed by atoms with Gasteiger partial charge >= 0.3 is 5.97 Å². The van der Waals surface area contributed by atoms with Crippen LogP contribution in [0.5, 0.6) is 0 Å². The lowest BCUT2D eigenvalue weighted by Gasteiger charge is -2.42. The Morgan fingerprint density at radius 3 is 2.15 bits per heavy atom. The maximum Gasteiger partial charge on any atom is 0.303 e. The van der Waals surface area contributed by atoms with E-state index in [1.54, 1.807) is 0 Å². The summed E-state index contributed by atoms with van der Waals surface area (Å²) in [4.78, 5) is 29.0. The number of hydrogen-bond donors (Lipinski definition) is 1. The first-order valence-electron chi connectivity index (χ1n) is 7.48. The highest BCUT2D eigenvalue weighted by Crippen LogP contribution is 2.17. The van der Waals surface area contributed by atoms with Crippen LogP contribution in [0.1, 0.15) is 25.7 Å². The summed E-state index contributed by atoms with van der Waals surface area (Å²) in [6.45, 7) is 5.64. The van der Waals surface area contributed by atoms with E-state index < -0.39 is 5.97 Å². The molecule has 1 N–H and O–H groups in total. The standard InChI is InChI=1S/C14H25N3O3/c1-15-6-4-12(5-7-15)16-8-10-17(11-9-16)13(18)2-3-14(19)20/h12H,2-11H2,1H3,(H,19,20). The van der Waals surface area contributed by atoms with Gasteiger partial charge in [-0.1, -0.05) is 0 Å². The van der Waals surface area contributed by atoms with E-state index in [0.29, 0.717) is 6.04 Å². The monoisotopic (exact) mass is 283 g/mol. The van der Waals surface area contributed by atoms with Crippen molar-refractivity contribution in [1.29, 1.82) is 0 Å². The summed E-state index contributed by atoms with van der Waals surface area (Å²) < 4.78 is 0. The summed E-state index contributed by atoms with van der Waals surface area (Å²) in [6.07, 6.45) is 2.49. The Hall–Kier alpha value is -1.14. The van der Waals surface area contributed by atoms with E-state index in [4.69, 9.17) is 5.11 Å². The van der Waals surface area contributed by atoms with Crippen LogP contribution in [0.15, 0.2) is 0 Å². The molecule has 2 rings (SSSR count). The number of carboxylic acids is 1. The highest BCUT2D eigenvalue weighted by atomic mass is 16.4. The van der Waals surface area contributed by atoms with E-state index in [9.17, 15) is 9.59 Å². The molecule has 1 amide bonds. The molecule has 0 aromatic carbocycles. The highest BCUT2D eigenvalue weighted by molar-refractivity contribution is 5.80. The molecular formula is C14H25N3O3. The van der Waals surface area contributed by atoms with Crippen LogP contribution in [0.4, 0.5) is 0 Å². The zero-order valence-corrected chi connectivity index (χ0v) is 12.3. The Kier molecular flexibility index (Phi) is 5.37. The molecular weight excluding hydrogens is 258 g/mol. The Bertz CT molecular complexity index is 346. The molecule has 0 unspecified atom stereocenters. The number of piperidine rings is 1. The van der Waals surface area contributed by atoms with Crippen LogP contribution in [0.3, 0.4) is 0 Å². The second kappa shape index (κ2) is 7.04. The minimum Gasteiger partial charge on any atom is -0.481 e. The quantitative estimate of drug-likeness (QED) is 0.792. The first-order valence-corrected chi connectivity index (χ1v) is 7.48. The largest absolute Gasteiger partial charge is 0.481 e. The fourth-order valence-corrected chi connectivity index (χ4v) is 3.07. The van der Waals surface area contributed by atoms with Crippen LogP contribution in [0, 0.1) is 0 Å². The molecule has 20 heavy (non-hydrogen) atoms. The molecule has 0 aromatic rings. The average molecular weight is 283 g/mol. The molecule has 114 valence electrons. The first kappa shape index (κ1) is 15.3. The predicted octanol–water partition coefficient (Wildman–Crippen LogP) is 0.0896. The number of likely N-dealkylation sites (tertiary alicyclic amines) is 1. The minimum absolute atomic E-state index is 0.0181. The number of carbonyl (C=O) groups is 2. The van der Waals surface area contributed by atoms with Gasteiger partial charge in [0.05, 0.1) is 6.42 Å². The van der Waals surface area contributed by atoms with Crippen molar-refractivity contribution in [3.05, 3.63) is 0 Å². The van der Waals surface area contributed by atoms with Gasteiger partial charge in [-0.2, -0.15) is 0 Å². The highest BCUT2D eigenvalue weighted by Gasteiger charge is 2.27. The number of carboxylic acid groups (broad SMARTS) is 1. The van der Waals surface area contributed by atoms with Crippen LogP contribution in [0.2, 0.25) is 0 Å². The van der Waals surface area contributed by atoms with Gasteiger partial charge in [0, 0.05) is 38.6 Å². The van der Waals surface area contributed by atoms with E-state index in [-0.39, 0.29) is 18.7 Å². The summed E-state index contributed by atoms with van der Waals surface area (Å²) in [6, 6.07) is 0.655. The molecule has 0 radical (unpaired) electrons. The van der Waals surface area contributed by atoms with Crippen LogP contribution >= 0.6 is 0 Å². The molecule has 0 atom stereocenters. The fraction of sp³-hybridized carbons (Fsp3) is 0.857. The number of carbonyl (C=O) groups excluding carboxylic acids is 1. The third kappa shape index (κ3) is 4.18. The smallest absolute Gasteiger partial charge is 0.303 e. The SMILES string of the molecule is CN1CCC(N2CCN(C(=O)CCC(=O)O)CC2)CC1. The van der Waals surface area contributed by atoms with Gasteiger partial charge in [0.1, 0.15) is 0 Å². The van der Waals surface area contributed by atoms with E-state index in [1.807, 2.05) is 4.90 Å². The maximum absolute atomic E-state index is 11.9. The molecule has 6 heteroatoms. The predicted molar refractivity (Wildman–Crippen MR) is 75.5 cm³/mol. The molecule has 2 saturated heterocycles. The van der Waals surface area contributed by atoms with Crippen LogP contribution < -0.4 is 0 Å². The first-order chi connectivity index (χ1) is 9.56. The van der Waals surface area contributed by atoms with Crippen LogP contribution in [-0.2, 0) is 9.59 Å². The number of piperazine rings is 1. The van der Waals surface area contributed by atoms with Gasteiger partial charge in [0.2, 0.25) is 5.91 Å². The van der Waals surface area contributed by atoms with Gasteiger partial charge in [-0.3, -0.25) is 14.5 Å². The lowest BCUT2D eigenvalue weighted by atomic mass is 10.0. The fourth-order valence-electron chi connectivity index (χ4n) is 3.07. The molecule has 2 heterocycles. The van der Waals surface area contributed by atoms with Crippen molar-refractivity contribution in [3.63, 3.8) is 0 Å². The van der Waals surface area contributed by atoms with Gasteiger partial charge in [0.25, 0.3) is 0 Å². The van der Waals surface area contributed by atoms with Crippen LogP contribution in [0.25, 0.3) is 0 Å². The number of nitrogens with zero attached hydrogens (tertiary/aromatic N) is 3. The molecule has 2 aliphatic rings. The Morgan fingerprint density at radius 2 is 1.60 bits per heavy atom. The van der Waals surface area contributed by atoms with E-state index in [2.05, 4.69) is 16.8 Å². The van der Waals surface area contributed by atoms with E-state index in [0.717, 1.165) is 39.3 Å². The number of hydrogen-bond acceptors (Lipinski definition) is 4. The van der Waals surface area contributed by atoms with Gasteiger partial charge in [-0.15, -0.1) is 0 Å². The zero-order chi connectivity index (χ0) is 14.5. The summed E-state index contributed by atoms with van der Waals surface area (Å²) >= 11 is 0. The summed E-state index contributed by atoms with van der Waals surface area (Å²) in [7, 11) is 2.16. The second-order valence-corrected chi connectivity index (χ2v) is 5.84. The number of rotatable bonds is 4. The van der Waals surface area contributed by atoms with Crippen molar-refractivity contribution in [1.82, 2.24) is 14.7 Å². The molecule has 0 aromatic heterocycles. The molecule has 0 bridgehead atoms. The van der Waals surface area contributed by atoms with Crippen molar-refractivity contribution in [2.75, 3.05) is 46.3 Å². The van der Waals surface area contributed by atoms with Crippen molar-refractivity contribution in [2.45, 2.75) is 31.7 Å². The topological polar surface area (TPSA) is 64.1 Å². The summed E-state index contributed by atoms with van der Waals surface area (Å²) in [5, 5.41) is 8.61. The maximum atomic E-state index is 11.9. The van der Waals surface area contributed by atoms with E-state index >= 15 is 0 Å². The third-order valence-corrected chi connectivity index (χ3v) is 4.42. The van der Waals surface area contributed by atoms with E-state index in [1.165, 1.54) is 12.8 Å². The normalized spacial score (nSPS) is 22.9. The molecule has 2 fully saturated rings. The number of amides is 1. The molecule has 0 aliphatic carbocycles. The lowest BCUT2D eigenvalue weighted by Crippen LogP contribution is -2.54. The van der Waals surface area contributed by atoms with Crippen molar-refractivity contribution < 1.29 is 14.7 Å². The Morgan fingerprint density at radius 1 is 1.00 bits per heavy atom. The average Bonchev–Trinajstić information content (AvgIpc) is 2.46.